The maximum absolute atomic E-state index is 12.4. The Morgan fingerprint density at radius 1 is 1.24 bits per heavy atom. The minimum atomic E-state index is -4.81. The summed E-state index contributed by atoms with van der Waals surface area (Å²) < 4.78 is 39.9. The third kappa shape index (κ3) is 10.0. The minimum absolute atomic E-state index is 0.0922. The second-order valence-corrected chi connectivity index (χ2v) is 6.36. The number of alkyl carbamates (subject to hydrolysis) is 1. The number of carbonyl (C=O) groups excluding carboxylic acids is 1. The molecule has 0 aromatic heterocycles. The van der Waals surface area contributed by atoms with Gasteiger partial charge in [0.15, 0.2) is 0 Å². The molecule has 6 nitrogen and oxygen atoms in total. The van der Waals surface area contributed by atoms with Gasteiger partial charge < -0.3 is 10.1 Å². The fourth-order valence-electron chi connectivity index (χ4n) is 0.973. The van der Waals surface area contributed by atoms with Crippen LogP contribution in [0.2, 0.25) is 0 Å². The Labute approximate surface area is 101 Å². The number of carbonyl (C=O) groups is 1. The van der Waals surface area contributed by atoms with Gasteiger partial charge in [-0.1, -0.05) is 3.89 Å². The highest BCUT2D eigenvalue weighted by molar-refractivity contribution is 7.84. The van der Waals surface area contributed by atoms with Crippen molar-refractivity contribution < 1.29 is 21.8 Å². The molecule has 0 aromatic carbocycles. The molecule has 0 fully saturated rings. The predicted octanol–water partition coefficient (Wildman–Crippen LogP) is 1.09. The molecule has 17 heavy (non-hydrogen) atoms. The molecule has 0 heterocycles. The fraction of sp³-hybridized carbons (Fsp3) is 0.889. The van der Waals surface area contributed by atoms with Crippen molar-refractivity contribution in [3.05, 3.63) is 0 Å². The van der Waals surface area contributed by atoms with E-state index in [0.717, 1.165) is 0 Å². The quantitative estimate of drug-likeness (QED) is 0.749. The van der Waals surface area contributed by atoms with E-state index in [4.69, 9.17) is 4.74 Å². The highest BCUT2D eigenvalue weighted by atomic mass is 32.3. The number of hydrogen-bond acceptors (Lipinski definition) is 4. The van der Waals surface area contributed by atoms with Crippen LogP contribution in [-0.4, -0.2) is 32.2 Å². The first-order valence-electron chi connectivity index (χ1n) is 5.01. The van der Waals surface area contributed by atoms with Gasteiger partial charge in [-0.15, -0.1) is 0 Å². The lowest BCUT2D eigenvalue weighted by atomic mass is 10.1. The third-order valence-corrected chi connectivity index (χ3v) is 2.27. The molecular weight excluding hydrogens is 251 g/mol. The van der Waals surface area contributed by atoms with Crippen molar-refractivity contribution in [2.24, 2.45) is 0 Å². The summed E-state index contributed by atoms with van der Waals surface area (Å²) in [5, 5.41) is 2.35. The van der Waals surface area contributed by atoms with Gasteiger partial charge in [-0.3, -0.25) is 0 Å². The largest absolute Gasteiger partial charge is 0.444 e. The number of rotatable bonds is 4. The summed E-state index contributed by atoms with van der Waals surface area (Å²) in [5.74, 6) is 0. The maximum atomic E-state index is 12.4. The summed E-state index contributed by atoms with van der Waals surface area (Å²) >= 11 is 0. The van der Waals surface area contributed by atoms with Crippen LogP contribution in [0.4, 0.5) is 8.68 Å². The van der Waals surface area contributed by atoms with Crippen LogP contribution in [0.25, 0.3) is 0 Å². The van der Waals surface area contributed by atoms with Crippen LogP contribution in [0.1, 0.15) is 34.6 Å². The van der Waals surface area contributed by atoms with E-state index in [1.54, 1.807) is 25.5 Å². The highest BCUT2D eigenvalue weighted by Gasteiger charge is 2.26. The van der Waals surface area contributed by atoms with Crippen LogP contribution in [0.15, 0.2) is 0 Å². The topological polar surface area (TPSA) is 84.5 Å². The van der Waals surface area contributed by atoms with Crippen molar-refractivity contribution in [3.63, 3.8) is 0 Å². The second kappa shape index (κ2) is 5.18. The second-order valence-electron chi connectivity index (χ2n) is 5.28. The predicted molar refractivity (Wildman–Crippen MR) is 61.5 cm³/mol. The lowest BCUT2D eigenvalue weighted by molar-refractivity contribution is 0.0516. The van der Waals surface area contributed by atoms with Crippen molar-refractivity contribution in [3.8, 4) is 0 Å². The number of ether oxygens (including phenoxy) is 1. The number of halogens is 1. The number of nitrogens with one attached hydrogen (secondary N) is 2. The molecule has 0 spiro atoms. The highest BCUT2D eigenvalue weighted by Crippen LogP contribution is 2.08. The van der Waals surface area contributed by atoms with Crippen molar-refractivity contribution in [1.29, 1.82) is 0 Å². The lowest BCUT2D eigenvalue weighted by Gasteiger charge is -2.25. The molecule has 0 saturated heterocycles. The number of hydrogen-bond donors (Lipinski definition) is 2. The molecule has 0 aliphatic heterocycles. The van der Waals surface area contributed by atoms with Crippen LogP contribution in [0.5, 0.6) is 0 Å². The Morgan fingerprint density at radius 2 is 1.71 bits per heavy atom. The molecule has 0 unspecified atom stereocenters. The van der Waals surface area contributed by atoms with Crippen molar-refractivity contribution >= 4 is 16.5 Å². The zero-order valence-electron chi connectivity index (χ0n) is 10.6. The standard InChI is InChI=1S/C9H19FN2O4S/c1-8(2,3)16-7(13)11-6-9(4,5)12-17(10,14)15/h12H,6H2,1-5H3,(H,11,13). The molecule has 0 aromatic rings. The van der Waals surface area contributed by atoms with Crippen molar-refractivity contribution in [1.82, 2.24) is 10.0 Å². The molecule has 0 aliphatic carbocycles. The SMILES string of the molecule is CC(C)(CNC(=O)OC(C)(C)C)NS(=O)(=O)F. The van der Waals surface area contributed by atoms with E-state index in [0.29, 0.717) is 0 Å². The summed E-state index contributed by atoms with van der Waals surface area (Å²) in [6.07, 6.45) is -0.691. The smallest absolute Gasteiger partial charge is 0.407 e. The average molecular weight is 270 g/mol. The molecule has 0 saturated carbocycles. The first-order valence-corrected chi connectivity index (χ1v) is 6.39. The van der Waals surface area contributed by atoms with Crippen LogP contribution in [-0.2, 0) is 15.1 Å². The van der Waals surface area contributed by atoms with Gasteiger partial charge in [0, 0.05) is 12.1 Å². The first kappa shape index (κ1) is 16.1. The summed E-state index contributed by atoms with van der Waals surface area (Å²) in [5.41, 5.74) is -1.78. The van der Waals surface area contributed by atoms with E-state index >= 15 is 0 Å². The van der Waals surface area contributed by atoms with E-state index in [9.17, 15) is 17.1 Å². The summed E-state index contributed by atoms with van der Waals surface area (Å²) in [6, 6.07) is 0. The Morgan fingerprint density at radius 3 is 2.06 bits per heavy atom. The lowest BCUT2D eigenvalue weighted by Crippen LogP contribution is -2.50. The average Bonchev–Trinajstić information content (AvgIpc) is 1.92. The van der Waals surface area contributed by atoms with Gasteiger partial charge in [0.1, 0.15) is 5.60 Å². The Bertz CT molecular complexity index is 373. The Balaban J connectivity index is 4.24. The zero-order chi connectivity index (χ0) is 13.9. The van der Waals surface area contributed by atoms with Gasteiger partial charge in [0.25, 0.3) is 0 Å². The molecule has 0 atom stereocenters. The molecule has 2 N–H and O–H groups in total. The summed E-state index contributed by atoms with van der Waals surface area (Å²) in [4.78, 5) is 11.3. The Hall–Kier alpha value is -0.890. The van der Waals surface area contributed by atoms with Crippen molar-refractivity contribution in [2.45, 2.75) is 45.8 Å². The molecule has 0 radical (unpaired) electrons. The van der Waals surface area contributed by atoms with Gasteiger partial charge >= 0.3 is 16.5 Å². The van der Waals surface area contributed by atoms with E-state index < -0.39 is 27.6 Å². The Kier molecular flexibility index (Phi) is 4.90. The first-order chi connectivity index (χ1) is 7.31. The van der Waals surface area contributed by atoms with Crippen LogP contribution in [0, 0.1) is 0 Å². The van der Waals surface area contributed by atoms with Crippen LogP contribution < -0.4 is 10.0 Å². The minimum Gasteiger partial charge on any atom is -0.444 e. The monoisotopic (exact) mass is 270 g/mol. The van der Waals surface area contributed by atoms with Gasteiger partial charge in [0.05, 0.1) is 0 Å². The molecule has 0 aliphatic rings. The fourth-order valence-corrected chi connectivity index (χ4v) is 1.71. The van der Waals surface area contributed by atoms with Crippen LogP contribution >= 0.6 is 0 Å². The van der Waals surface area contributed by atoms with E-state index in [1.807, 2.05) is 0 Å². The summed E-state index contributed by atoms with van der Waals surface area (Å²) in [7, 11) is -4.81. The van der Waals surface area contributed by atoms with Crippen LogP contribution in [0.3, 0.4) is 0 Å². The van der Waals surface area contributed by atoms with Gasteiger partial charge in [0.2, 0.25) is 0 Å². The summed E-state index contributed by atoms with van der Waals surface area (Å²) in [6.45, 7) is 7.86. The third-order valence-electron chi connectivity index (χ3n) is 1.47. The van der Waals surface area contributed by atoms with E-state index in [1.165, 1.54) is 13.8 Å². The van der Waals surface area contributed by atoms with E-state index in [-0.39, 0.29) is 6.54 Å². The van der Waals surface area contributed by atoms with Gasteiger partial charge in [-0.05, 0) is 34.6 Å². The molecule has 0 rings (SSSR count). The molecule has 102 valence electrons. The van der Waals surface area contributed by atoms with Crippen molar-refractivity contribution in [2.75, 3.05) is 6.54 Å². The molecular formula is C9H19FN2O4S. The number of amides is 1. The molecule has 8 heteroatoms. The molecule has 0 bridgehead atoms. The maximum Gasteiger partial charge on any atom is 0.407 e. The van der Waals surface area contributed by atoms with Gasteiger partial charge in [-0.25, -0.2) is 4.79 Å². The molecule has 1 amide bonds. The normalized spacial score (nSPS) is 13.3. The zero-order valence-corrected chi connectivity index (χ0v) is 11.4. The van der Waals surface area contributed by atoms with E-state index in [2.05, 4.69) is 5.32 Å². The van der Waals surface area contributed by atoms with Gasteiger partial charge in [-0.2, -0.15) is 13.1 Å².